The van der Waals surface area contributed by atoms with Crippen LogP contribution in [-0.4, -0.2) is 29.8 Å². The van der Waals surface area contributed by atoms with Gasteiger partial charge in [-0.25, -0.2) is 4.79 Å². The van der Waals surface area contributed by atoms with Crippen LogP contribution in [0.5, 0.6) is 0 Å². The molecule has 4 nitrogen and oxygen atoms in total. The SMILES string of the molecule is CC(=O)CN(C(=O)OCc1ccccc1)P(C)P. The van der Waals surface area contributed by atoms with Gasteiger partial charge in [0.15, 0.2) is 0 Å². The quantitative estimate of drug-likeness (QED) is 0.781. The zero-order valence-electron chi connectivity index (χ0n) is 10.5. The molecule has 18 heavy (non-hydrogen) atoms. The van der Waals surface area contributed by atoms with Crippen LogP contribution in [0.2, 0.25) is 0 Å². The van der Waals surface area contributed by atoms with Gasteiger partial charge in [-0.2, -0.15) is 0 Å². The molecule has 0 radical (unpaired) electrons. The van der Waals surface area contributed by atoms with Crippen molar-refractivity contribution in [1.82, 2.24) is 4.67 Å². The van der Waals surface area contributed by atoms with E-state index in [-0.39, 0.29) is 18.9 Å². The highest BCUT2D eigenvalue weighted by Gasteiger charge is 2.20. The third-order valence-electron chi connectivity index (χ3n) is 2.17. The van der Waals surface area contributed by atoms with Crippen molar-refractivity contribution in [3.63, 3.8) is 0 Å². The van der Waals surface area contributed by atoms with Crippen LogP contribution >= 0.6 is 16.7 Å². The van der Waals surface area contributed by atoms with Crippen molar-refractivity contribution < 1.29 is 14.3 Å². The summed E-state index contributed by atoms with van der Waals surface area (Å²) in [4.78, 5) is 22.9. The highest BCUT2D eigenvalue weighted by molar-refractivity contribution is 8.12. The van der Waals surface area contributed by atoms with Gasteiger partial charge in [0, 0.05) is 7.76 Å². The van der Waals surface area contributed by atoms with E-state index in [4.69, 9.17) is 4.74 Å². The Labute approximate surface area is 111 Å². The zero-order valence-corrected chi connectivity index (χ0v) is 12.5. The Bertz CT molecular complexity index is 409. The van der Waals surface area contributed by atoms with Crippen molar-refractivity contribution >= 4 is 28.6 Å². The van der Waals surface area contributed by atoms with Crippen molar-refractivity contribution in [2.45, 2.75) is 13.5 Å². The summed E-state index contributed by atoms with van der Waals surface area (Å²) in [7, 11) is 1.79. The van der Waals surface area contributed by atoms with Crippen LogP contribution in [0.3, 0.4) is 0 Å². The number of carbonyl (C=O) groups excluding carboxylic acids is 2. The molecule has 0 bridgehead atoms. The summed E-state index contributed by atoms with van der Waals surface area (Å²) in [5.74, 6) is -0.0524. The highest BCUT2D eigenvalue weighted by Crippen LogP contribution is 2.44. The largest absolute Gasteiger partial charge is 0.444 e. The number of carbonyl (C=O) groups is 2. The first-order chi connectivity index (χ1) is 8.50. The molecule has 0 aliphatic heterocycles. The fourth-order valence-electron chi connectivity index (χ4n) is 1.31. The van der Waals surface area contributed by atoms with E-state index >= 15 is 0 Å². The van der Waals surface area contributed by atoms with E-state index in [2.05, 4.69) is 8.93 Å². The molecule has 2 atom stereocenters. The Morgan fingerprint density at radius 3 is 2.44 bits per heavy atom. The van der Waals surface area contributed by atoms with E-state index in [0.717, 1.165) is 5.56 Å². The molecule has 98 valence electrons. The lowest BCUT2D eigenvalue weighted by atomic mass is 10.2. The third-order valence-corrected chi connectivity index (χ3v) is 4.07. The first-order valence-corrected chi connectivity index (χ1v) is 8.82. The minimum atomic E-state index is -0.762. The predicted molar refractivity (Wildman–Crippen MR) is 76.6 cm³/mol. The third kappa shape index (κ3) is 5.12. The van der Waals surface area contributed by atoms with Gasteiger partial charge in [0.1, 0.15) is 12.4 Å². The number of hydrogen-bond donors (Lipinski definition) is 0. The molecule has 0 heterocycles. The molecular formula is C12H17NO3P2. The van der Waals surface area contributed by atoms with Gasteiger partial charge in [-0.3, -0.25) is 9.46 Å². The average molecular weight is 285 g/mol. The van der Waals surface area contributed by atoms with Crippen LogP contribution in [0.1, 0.15) is 12.5 Å². The monoisotopic (exact) mass is 285 g/mol. The molecule has 0 saturated heterocycles. The molecule has 1 rings (SSSR count). The maximum Gasteiger partial charge on any atom is 0.414 e. The Morgan fingerprint density at radius 1 is 1.33 bits per heavy atom. The van der Waals surface area contributed by atoms with Gasteiger partial charge in [-0.15, -0.1) is 0 Å². The molecule has 1 amide bonds. The summed E-state index contributed by atoms with van der Waals surface area (Å²) in [6, 6.07) is 9.45. The summed E-state index contributed by atoms with van der Waals surface area (Å²) in [6.07, 6.45) is -0.447. The van der Waals surface area contributed by atoms with Gasteiger partial charge < -0.3 is 4.74 Å². The highest BCUT2D eigenvalue weighted by atomic mass is 32.0. The number of amides is 1. The van der Waals surface area contributed by atoms with Gasteiger partial charge in [0.05, 0.1) is 6.54 Å². The van der Waals surface area contributed by atoms with Gasteiger partial charge >= 0.3 is 6.09 Å². The minimum Gasteiger partial charge on any atom is -0.444 e. The minimum absolute atomic E-state index is 0.0524. The fraction of sp³-hybridized carbons (Fsp3) is 0.333. The van der Waals surface area contributed by atoms with Crippen molar-refractivity contribution in [3.8, 4) is 0 Å². The van der Waals surface area contributed by atoms with Crippen molar-refractivity contribution in [3.05, 3.63) is 35.9 Å². The molecule has 6 heteroatoms. The lowest BCUT2D eigenvalue weighted by Crippen LogP contribution is -2.29. The molecule has 0 spiro atoms. The van der Waals surface area contributed by atoms with Crippen LogP contribution in [0.25, 0.3) is 0 Å². The first-order valence-electron chi connectivity index (χ1n) is 5.46. The lowest BCUT2D eigenvalue weighted by molar-refractivity contribution is -0.117. The van der Waals surface area contributed by atoms with Crippen LogP contribution < -0.4 is 0 Å². The number of ketones is 1. The molecular weight excluding hydrogens is 268 g/mol. The number of nitrogens with zero attached hydrogens (tertiary/aromatic N) is 1. The Balaban J connectivity index is 2.54. The Hall–Kier alpha value is -0.980. The van der Waals surface area contributed by atoms with Gasteiger partial charge in [0.25, 0.3) is 0 Å². The summed E-state index contributed by atoms with van der Waals surface area (Å²) >= 11 is 0. The number of hydrogen-bond acceptors (Lipinski definition) is 3. The van der Waals surface area contributed by atoms with Gasteiger partial charge in [-0.05, 0) is 19.2 Å². The van der Waals surface area contributed by atoms with Crippen LogP contribution in [0.4, 0.5) is 4.79 Å². The fourth-order valence-corrected chi connectivity index (χ4v) is 2.57. The predicted octanol–water partition coefficient (Wildman–Crippen LogP) is 3.03. The number of ether oxygens (including phenoxy) is 1. The molecule has 0 fully saturated rings. The second kappa shape index (κ2) is 7.45. The van der Waals surface area contributed by atoms with Gasteiger partial charge in [-0.1, -0.05) is 39.3 Å². The van der Waals surface area contributed by atoms with Gasteiger partial charge in [0.2, 0.25) is 0 Å². The van der Waals surface area contributed by atoms with Crippen molar-refractivity contribution in [2.75, 3.05) is 13.2 Å². The van der Waals surface area contributed by atoms with E-state index < -0.39 is 13.9 Å². The lowest BCUT2D eigenvalue weighted by Gasteiger charge is -2.24. The maximum atomic E-state index is 11.8. The second-order valence-corrected chi connectivity index (χ2v) is 7.75. The van der Waals surface area contributed by atoms with Crippen molar-refractivity contribution in [2.24, 2.45) is 0 Å². The van der Waals surface area contributed by atoms with E-state index in [1.807, 2.05) is 37.0 Å². The first kappa shape index (κ1) is 15.1. The van der Waals surface area contributed by atoms with E-state index in [1.54, 1.807) is 0 Å². The van der Waals surface area contributed by atoms with Crippen LogP contribution in [0.15, 0.2) is 30.3 Å². The standard InChI is InChI=1S/C12H17NO3P2/c1-10(14)8-13(18(2)17)12(15)16-9-11-6-4-3-5-7-11/h3-7H,8-9,17H2,1-2H3. The van der Waals surface area contributed by atoms with Crippen LogP contribution in [-0.2, 0) is 16.1 Å². The summed E-state index contributed by atoms with van der Waals surface area (Å²) in [6.45, 7) is 3.66. The Morgan fingerprint density at radius 2 is 1.94 bits per heavy atom. The number of benzene rings is 1. The molecule has 1 aromatic carbocycles. The summed E-state index contributed by atoms with van der Waals surface area (Å²) in [5, 5.41) is 0. The maximum absolute atomic E-state index is 11.8. The molecule has 1 aromatic rings. The normalized spacial score (nSPS) is 11.7. The van der Waals surface area contributed by atoms with E-state index in [9.17, 15) is 9.59 Å². The molecule has 2 unspecified atom stereocenters. The number of rotatable bonds is 5. The Kier molecular flexibility index (Phi) is 6.24. The number of Topliss-reactive ketones (excluding diaryl/α,β-unsaturated/α-hetero) is 1. The molecule has 0 aliphatic carbocycles. The topological polar surface area (TPSA) is 46.6 Å². The molecule has 0 N–H and O–H groups in total. The van der Waals surface area contributed by atoms with Crippen LogP contribution in [0, 0.1) is 0 Å². The van der Waals surface area contributed by atoms with E-state index in [0.29, 0.717) is 0 Å². The molecule has 0 saturated carbocycles. The van der Waals surface area contributed by atoms with E-state index in [1.165, 1.54) is 11.6 Å². The molecule has 0 aromatic heterocycles. The molecule has 0 aliphatic rings. The smallest absolute Gasteiger partial charge is 0.414 e. The summed E-state index contributed by atoms with van der Waals surface area (Å²) in [5.41, 5.74) is 0.929. The summed E-state index contributed by atoms with van der Waals surface area (Å²) < 4.78 is 6.64. The van der Waals surface area contributed by atoms with Crippen molar-refractivity contribution in [1.29, 1.82) is 0 Å². The zero-order chi connectivity index (χ0) is 13.5. The average Bonchev–Trinajstić information content (AvgIpc) is 2.34. The second-order valence-electron chi connectivity index (χ2n) is 3.87.